The average molecular weight is 369 g/mol. The van der Waals surface area contributed by atoms with Crippen molar-refractivity contribution in [2.75, 3.05) is 13.7 Å². The van der Waals surface area contributed by atoms with Gasteiger partial charge in [-0.05, 0) is 55.2 Å². The summed E-state index contributed by atoms with van der Waals surface area (Å²) in [6.07, 6.45) is 12.4. The van der Waals surface area contributed by atoms with E-state index in [9.17, 15) is 4.79 Å². The van der Waals surface area contributed by atoms with E-state index in [-0.39, 0.29) is 5.91 Å². The summed E-state index contributed by atoms with van der Waals surface area (Å²) in [5.74, 6) is 2.08. The zero-order chi connectivity index (χ0) is 18.9. The molecule has 146 valence electrons. The maximum absolute atomic E-state index is 13.1. The van der Waals surface area contributed by atoms with Crippen molar-refractivity contribution in [3.63, 3.8) is 0 Å². The minimum atomic E-state index is -0.550. The quantitative estimate of drug-likeness (QED) is 0.816. The molecule has 1 aromatic rings. The fraction of sp³-hybridized carbons (Fsp3) is 0.652. The third-order valence-electron chi connectivity index (χ3n) is 6.93. The number of likely N-dealkylation sites (tertiary alicyclic amines) is 1. The summed E-state index contributed by atoms with van der Waals surface area (Å²) in [4.78, 5) is 14.7. The topological polar surface area (TPSA) is 53.4 Å². The van der Waals surface area contributed by atoms with Crippen molar-refractivity contribution in [2.24, 2.45) is 11.3 Å². The second kappa shape index (κ2) is 7.65. The summed E-state index contributed by atoms with van der Waals surface area (Å²) in [6, 6.07) is 6.36. The molecule has 27 heavy (non-hydrogen) atoms. The first-order valence-corrected chi connectivity index (χ1v) is 10.7. The Balaban J connectivity index is 1.55. The Hall–Kier alpha value is -1.84. The van der Waals surface area contributed by atoms with Gasteiger partial charge in [0.25, 0.3) is 0 Å². The van der Waals surface area contributed by atoms with Crippen LogP contribution in [0.2, 0.25) is 0 Å². The van der Waals surface area contributed by atoms with Gasteiger partial charge in [-0.3, -0.25) is 10.2 Å². The van der Waals surface area contributed by atoms with Crippen molar-refractivity contribution in [3.05, 3.63) is 29.3 Å². The number of hydrogen-bond acceptors (Lipinski definition) is 3. The third-order valence-corrected chi connectivity index (χ3v) is 6.93. The Morgan fingerprint density at radius 1 is 1.15 bits per heavy atom. The second-order valence-corrected chi connectivity index (χ2v) is 8.87. The number of carbonyl (C=O) groups is 1. The lowest BCUT2D eigenvalue weighted by molar-refractivity contribution is -0.136. The summed E-state index contributed by atoms with van der Waals surface area (Å²) < 4.78 is 6.36. The van der Waals surface area contributed by atoms with Crippen molar-refractivity contribution in [1.82, 2.24) is 4.90 Å². The van der Waals surface area contributed by atoms with E-state index in [2.05, 4.69) is 18.2 Å². The van der Waals surface area contributed by atoms with Gasteiger partial charge in [0.15, 0.2) is 0 Å². The maximum atomic E-state index is 13.1. The Bertz CT molecular complexity index is 723. The number of amides is 1. The molecule has 4 nitrogen and oxygen atoms in total. The highest BCUT2D eigenvalue weighted by molar-refractivity contribution is 6.06. The van der Waals surface area contributed by atoms with Crippen LogP contribution in [0.1, 0.15) is 68.9 Å². The molecule has 4 rings (SSSR count). The third kappa shape index (κ3) is 3.63. The van der Waals surface area contributed by atoms with E-state index >= 15 is 0 Å². The number of fused-ring (bicyclic) bond motifs is 1. The summed E-state index contributed by atoms with van der Waals surface area (Å²) in [5.41, 5.74) is 2.19. The van der Waals surface area contributed by atoms with Gasteiger partial charge in [0.05, 0.1) is 5.41 Å². The molecule has 1 aliphatic heterocycles. The lowest BCUT2D eigenvalue weighted by Crippen LogP contribution is -2.39. The van der Waals surface area contributed by atoms with E-state index < -0.39 is 5.41 Å². The fourth-order valence-electron chi connectivity index (χ4n) is 5.37. The molecule has 3 aliphatic rings. The van der Waals surface area contributed by atoms with E-state index in [4.69, 9.17) is 10.1 Å². The minimum Gasteiger partial charge on any atom is -0.492 e. The van der Waals surface area contributed by atoms with Crippen molar-refractivity contribution >= 4 is 11.7 Å². The van der Waals surface area contributed by atoms with Crippen LogP contribution in [0.15, 0.2) is 18.2 Å². The molecule has 1 unspecified atom stereocenters. The van der Waals surface area contributed by atoms with Gasteiger partial charge in [0.2, 0.25) is 5.91 Å². The molecule has 1 amide bonds. The predicted molar refractivity (Wildman–Crippen MR) is 107 cm³/mol. The number of ether oxygens (including phenoxy) is 1. The highest BCUT2D eigenvalue weighted by Crippen LogP contribution is 2.43. The molecule has 0 aromatic heterocycles. The van der Waals surface area contributed by atoms with E-state index in [0.29, 0.717) is 24.8 Å². The monoisotopic (exact) mass is 368 g/mol. The van der Waals surface area contributed by atoms with Crippen LogP contribution in [-0.2, 0) is 17.6 Å². The fourth-order valence-corrected chi connectivity index (χ4v) is 5.37. The van der Waals surface area contributed by atoms with Crippen LogP contribution in [0.5, 0.6) is 5.75 Å². The standard InChI is InChI=1S/C23H32N2O2/c1-25-21(24)15-23(22(25)26,14-17-8-3-2-4-9-17)16-27-20-13-7-11-18-10-5-6-12-19(18)20/h7,11,13,17,24H,2-6,8-10,12,14-16H2,1H3. The molecule has 1 saturated carbocycles. The molecular weight excluding hydrogens is 336 g/mol. The molecule has 4 heteroatoms. The van der Waals surface area contributed by atoms with Crippen LogP contribution in [0, 0.1) is 16.7 Å². The molecule has 0 bridgehead atoms. The van der Waals surface area contributed by atoms with Crippen molar-refractivity contribution < 1.29 is 9.53 Å². The summed E-state index contributed by atoms with van der Waals surface area (Å²) in [7, 11) is 1.75. The van der Waals surface area contributed by atoms with Gasteiger partial charge in [-0.15, -0.1) is 0 Å². The van der Waals surface area contributed by atoms with Crippen LogP contribution >= 0.6 is 0 Å². The Kier molecular flexibility index (Phi) is 5.25. The second-order valence-electron chi connectivity index (χ2n) is 8.87. The van der Waals surface area contributed by atoms with E-state index in [1.807, 2.05) is 0 Å². The van der Waals surface area contributed by atoms with Gasteiger partial charge >= 0.3 is 0 Å². The predicted octanol–water partition coefficient (Wildman–Crippen LogP) is 4.74. The molecule has 1 N–H and O–H groups in total. The maximum Gasteiger partial charge on any atom is 0.237 e. The number of nitrogens with zero attached hydrogens (tertiary/aromatic N) is 1. The molecule has 1 atom stereocenters. The van der Waals surface area contributed by atoms with Gasteiger partial charge in [-0.1, -0.05) is 44.2 Å². The van der Waals surface area contributed by atoms with Gasteiger partial charge in [0.1, 0.15) is 18.2 Å². The lowest BCUT2D eigenvalue weighted by atomic mass is 9.73. The highest BCUT2D eigenvalue weighted by atomic mass is 16.5. The SMILES string of the molecule is CN1C(=N)CC(COc2cccc3c2CCCC3)(CC2CCCCC2)C1=O. The van der Waals surface area contributed by atoms with Crippen LogP contribution in [0.3, 0.4) is 0 Å². The Morgan fingerprint density at radius 3 is 2.67 bits per heavy atom. The largest absolute Gasteiger partial charge is 0.492 e. The summed E-state index contributed by atoms with van der Waals surface area (Å²) >= 11 is 0. The number of hydrogen-bond donors (Lipinski definition) is 1. The molecule has 2 fully saturated rings. The molecule has 1 saturated heterocycles. The lowest BCUT2D eigenvalue weighted by Gasteiger charge is -2.33. The highest BCUT2D eigenvalue weighted by Gasteiger charge is 2.50. The smallest absolute Gasteiger partial charge is 0.237 e. The number of carbonyl (C=O) groups excluding carboxylic acids is 1. The van der Waals surface area contributed by atoms with Crippen LogP contribution in [0.4, 0.5) is 0 Å². The number of benzene rings is 1. The molecule has 1 heterocycles. The summed E-state index contributed by atoms with van der Waals surface area (Å²) in [6.45, 7) is 0.408. The average Bonchev–Trinajstić information content (AvgIpc) is 2.91. The van der Waals surface area contributed by atoms with Crippen LogP contribution in [0.25, 0.3) is 0 Å². The number of amidine groups is 1. The molecule has 1 aromatic carbocycles. The van der Waals surface area contributed by atoms with Gasteiger partial charge < -0.3 is 9.64 Å². The van der Waals surface area contributed by atoms with Gasteiger partial charge in [-0.2, -0.15) is 0 Å². The molecular formula is C23H32N2O2. The zero-order valence-electron chi connectivity index (χ0n) is 16.6. The van der Waals surface area contributed by atoms with E-state index in [1.165, 1.54) is 56.1 Å². The van der Waals surface area contributed by atoms with Crippen molar-refractivity contribution in [2.45, 2.75) is 70.6 Å². The van der Waals surface area contributed by atoms with Gasteiger partial charge in [-0.25, -0.2) is 0 Å². The Labute approximate surface area is 162 Å². The number of aryl methyl sites for hydroxylation is 1. The van der Waals surface area contributed by atoms with Crippen molar-refractivity contribution in [3.8, 4) is 5.75 Å². The van der Waals surface area contributed by atoms with Crippen LogP contribution in [-0.4, -0.2) is 30.3 Å². The number of rotatable bonds is 5. The van der Waals surface area contributed by atoms with Crippen molar-refractivity contribution in [1.29, 1.82) is 5.41 Å². The number of nitrogens with one attached hydrogen (secondary N) is 1. The minimum absolute atomic E-state index is 0.0860. The summed E-state index contributed by atoms with van der Waals surface area (Å²) in [5, 5.41) is 8.24. The molecule has 0 radical (unpaired) electrons. The molecule has 2 aliphatic carbocycles. The molecule has 0 spiro atoms. The first-order valence-electron chi connectivity index (χ1n) is 10.7. The zero-order valence-corrected chi connectivity index (χ0v) is 16.6. The van der Waals surface area contributed by atoms with Gasteiger partial charge in [0, 0.05) is 13.5 Å². The normalized spacial score (nSPS) is 26.3. The first kappa shape index (κ1) is 18.5. The van der Waals surface area contributed by atoms with E-state index in [0.717, 1.165) is 25.0 Å². The van der Waals surface area contributed by atoms with E-state index in [1.54, 1.807) is 11.9 Å². The Morgan fingerprint density at radius 2 is 1.93 bits per heavy atom. The van der Waals surface area contributed by atoms with Crippen LogP contribution < -0.4 is 4.74 Å². The first-order chi connectivity index (χ1) is 13.1.